The fourth-order valence-electron chi connectivity index (χ4n) is 1.71. The number of aryl methyl sites for hydroxylation is 1. The molecular weight excluding hydrogens is 328 g/mol. The normalized spacial score (nSPS) is 12.2. The van der Waals surface area contributed by atoms with Gasteiger partial charge in [0, 0.05) is 28.0 Å². The second-order valence-corrected chi connectivity index (χ2v) is 5.74. The molecule has 0 aliphatic rings. The molecule has 0 bridgehead atoms. The number of halogens is 2. The molecule has 1 unspecified atom stereocenters. The Labute approximate surface area is 126 Å². The van der Waals surface area contributed by atoms with Gasteiger partial charge in [-0.1, -0.05) is 39.7 Å². The van der Waals surface area contributed by atoms with Crippen LogP contribution in [0.2, 0.25) is 5.02 Å². The zero-order valence-electron chi connectivity index (χ0n) is 10.7. The quantitative estimate of drug-likeness (QED) is 0.784. The summed E-state index contributed by atoms with van der Waals surface area (Å²) in [4.78, 5) is 8.39. The molecule has 1 aromatic carbocycles. The number of benzene rings is 1. The van der Waals surface area contributed by atoms with Crippen LogP contribution in [0.4, 0.5) is 0 Å². The van der Waals surface area contributed by atoms with Crippen LogP contribution in [-0.2, 0) is 6.42 Å². The van der Waals surface area contributed by atoms with Crippen molar-refractivity contribution >= 4 is 27.5 Å². The highest BCUT2D eigenvalue weighted by Crippen LogP contribution is 2.29. The topological polar surface area (TPSA) is 35.0 Å². The van der Waals surface area contributed by atoms with Crippen molar-refractivity contribution in [3.63, 3.8) is 0 Å². The Morgan fingerprint density at radius 1 is 1.32 bits per heavy atom. The van der Waals surface area contributed by atoms with Crippen LogP contribution in [-0.4, -0.2) is 17.1 Å². The van der Waals surface area contributed by atoms with E-state index in [0.29, 0.717) is 5.88 Å². The Bertz CT molecular complexity index is 577. The first-order valence-electron chi connectivity index (χ1n) is 5.85. The van der Waals surface area contributed by atoms with E-state index in [2.05, 4.69) is 32.0 Å². The minimum absolute atomic E-state index is 0.158. The van der Waals surface area contributed by atoms with Crippen LogP contribution in [0, 0.1) is 6.92 Å². The molecule has 0 saturated heterocycles. The summed E-state index contributed by atoms with van der Waals surface area (Å²) in [5.74, 6) is 0.576. The van der Waals surface area contributed by atoms with Gasteiger partial charge in [-0.15, -0.1) is 0 Å². The SMILES string of the molecule is COc1cc(CC(Br)c2ccc(C)c(Cl)c2)ncn1. The van der Waals surface area contributed by atoms with Crippen LogP contribution in [0.3, 0.4) is 0 Å². The highest BCUT2D eigenvalue weighted by molar-refractivity contribution is 9.09. The molecule has 5 heteroatoms. The van der Waals surface area contributed by atoms with E-state index >= 15 is 0 Å². The molecule has 0 fully saturated rings. The molecular formula is C14H14BrClN2O. The van der Waals surface area contributed by atoms with Crippen LogP contribution in [0.1, 0.15) is 21.6 Å². The summed E-state index contributed by atoms with van der Waals surface area (Å²) in [7, 11) is 1.59. The minimum Gasteiger partial charge on any atom is -0.481 e. The molecule has 100 valence electrons. The third-order valence-electron chi connectivity index (χ3n) is 2.85. The van der Waals surface area contributed by atoms with Crippen LogP contribution in [0.5, 0.6) is 5.88 Å². The van der Waals surface area contributed by atoms with Gasteiger partial charge in [0.05, 0.1) is 7.11 Å². The fourth-order valence-corrected chi connectivity index (χ4v) is 2.51. The lowest BCUT2D eigenvalue weighted by Gasteiger charge is -2.11. The number of aromatic nitrogens is 2. The molecule has 1 atom stereocenters. The van der Waals surface area contributed by atoms with Crippen molar-refractivity contribution < 1.29 is 4.74 Å². The predicted molar refractivity (Wildman–Crippen MR) is 80.1 cm³/mol. The summed E-state index contributed by atoms with van der Waals surface area (Å²) in [6.07, 6.45) is 2.26. The number of alkyl halides is 1. The molecule has 1 aromatic heterocycles. The first kappa shape index (κ1) is 14.3. The standard InChI is InChI=1S/C14H14BrClN2O/c1-9-3-4-10(5-13(9)16)12(15)6-11-7-14(19-2)18-8-17-11/h3-5,7-8,12H,6H2,1-2H3. The molecule has 0 aliphatic carbocycles. The van der Waals surface area contributed by atoms with Gasteiger partial charge in [-0.25, -0.2) is 9.97 Å². The molecule has 0 amide bonds. The number of hydrogen-bond acceptors (Lipinski definition) is 3. The van der Waals surface area contributed by atoms with Crippen molar-refractivity contribution in [2.24, 2.45) is 0 Å². The summed E-state index contributed by atoms with van der Waals surface area (Å²) < 4.78 is 5.09. The molecule has 3 nitrogen and oxygen atoms in total. The van der Waals surface area contributed by atoms with E-state index in [1.54, 1.807) is 7.11 Å². The van der Waals surface area contributed by atoms with E-state index in [1.807, 2.05) is 25.1 Å². The Morgan fingerprint density at radius 3 is 2.79 bits per heavy atom. The minimum atomic E-state index is 0.158. The van der Waals surface area contributed by atoms with E-state index < -0.39 is 0 Å². The van der Waals surface area contributed by atoms with Gasteiger partial charge in [0.1, 0.15) is 6.33 Å². The number of rotatable bonds is 4. The van der Waals surface area contributed by atoms with Crippen LogP contribution >= 0.6 is 27.5 Å². The summed E-state index contributed by atoms with van der Waals surface area (Å²) in [5.41, 5.74) is 3.13. The van der Waals surface area contributed by atoms with Gasteiger partial charge in [0.25, 0.3) is 0 Å². The second-order valence-electron chi connectivity index (χ2n) is 4.23. The van der Waals surface area contributed by atoms with E-state index in [-0.39, 0.29) is 4.83 Å². The monoisotopic (exact) mass is 340 g/mol. The maximum absolute atomic E-state index is 6.14. The Morgan fingerprint density at radius 2 is 2.11 bits per heavy atom. The molecule has 0 radical (unpaired) electrons. The van der Waals surface area contributed by atoms with Gasteiger partial charge in [-0.05, 0) is 24.1 Å². The highest BCUT2D eigenvalue weighted by atomic mass is 79.9. The largest absolute Gasteiger partial charge is 0.481 e. The molecule has 1 heterocycles. The Hall–Kier alpha value is -1.13. The maximum atomic E-state index is 6.14. The van der Waals surface area contributed by atoms with E-state index in [9.17, 15) is 0 Å². The fraction of sp³-hybridized carbons (Fsp3) is 0.286. The predicted octanol–water partition coefficient (Wildman–Crippen LogP) is 4.13. The second kappa shape index (κ2) is 6.35. The first-order chi connectivity index (χ1) is 9.10. The molecule has 2 rings (SSSR count). The molecule has 2 aromatic rings. The average Bonchev–Trinajstić information content (AvgIpc) is 2.42. The zero-order chi connectivity index (χ0) is 13.8. The first-order valence-corrected chi connectivity index (χ1v) is 7.14. The van der Waals surface area contributed by atoms with Gasteiger partial charge in [-0.3, -0.25) is 0 Å². The number of nitrogens with zero attached hydrogens (tertiary/aromatic N) is 2. The third kappa shape index (κ3) is 3.67. The van der Waals surface area contributed by atoms with Crippen molar-refractivity contribution in [2.45, 2.75) is 18.2 Å². The van der Waals surface area contributed by atoms with Gasteiger partial charge >= 0.3 is 0 Å². The number of hydrogen-bond donors (Lipinski definition) is 0. The van der Waals surface area contributed by atoms with Crippen LogP contribution in [0.25, 0.3) is 0 Å². The Kier molecular flexibility index (Phi) is 4.77. The van der Waals surface area contributed by atoms with Gasteiger partial charge in [-0.2, -0.15) is 0 Å². The van der Waals surface area contributed by atoms with Crippen molar-refractivity contribution in [2.75, 3.05) is 7.11 Å². The van der Waals surface area contributed by atoms with Gasteiger partial charge in [0.15, 0.2) is 0 Å². The van der Waals surface area contributed by atoms with Crippen LogP contribution < -0.4 is 4.74 Å². The molecule has 0 aliphatic heterocycles. The highest BCUT2D eigenvalue weighted by Gasteiger charge is 2.11. The van der Waals surface area contributed by atoms with Crippen molar-refractivity contribution in [3.8, 4) is 5.88 Å². The smallest absolute Gasteiger partial charge is 0.216 e. The van der Waals surface area contributed by atoms with Crippen LogP contribution in [0.15, 0.2) is 30.6 Å². The summed E-state index contributed by atoms with van der Waals surface area (Å²) in [6.45, 7) is 1.99. The lowest BCUT2D eigenvalue weighted by molar-refractivity contribution is 0.396. The van der Waals surface area contributed by atoms with Gasteiger partial charge in [0.2, 0.25) is 5.88 Å². The lowest BCUT2D eigenvalue weighted by atomic mass is 10.1. The zero-order valence-corrected chi connectivity index (χ0v) is 13.1. The summed E-state index contributed by atoms with van der Waals surface area (Å²) >= 11 is 9.81. The molecule has 19 heavy (non-hydrogen) atoms. The number of methoxy groups -OCH3 is 1. The lowest BCUT2D eigenvalue weighted by Crippen LogP contribution is -2.00. The molecule has 0 spiro atoms. The van der Waals surface area contributed by atoms with Gasteiger partial charge < -0.3 is 4.74 Å². The molecule has 0 N–H and O–H groups in total. The van der Waals surface area contributed by atoms with Crippen molar-refractivity contribution in [1.82, 2.24) is 9.97 Å². The maximum Gasteiger partial charge on any atom is 0.216 e. The number of ether oxygens (including phenoxy) is 1. The average molecular weight is 342 g/mol. The van der Waals surface area contributed by atoms with Crippen molar-refractivity contribution in [3.05, 3.63) is 52.4 Å². The van der Waals surface area contributed by atoms with E-state index in [1.165, 1.54) is 6.33 Å². The van der Waals surface area contributed by atoms with Crippen molar-refractivity contribution in [1.29, 1.82) is 0 Å². The van der Waals surface area contributed by atoms with E-state index in [0.717, 1.165) is 28.3 Å². The summed E-state index contributed by atoms with van der Waals surface area (Å²) in [5, 5.41) is 0.780. The summed E-state index contributed by atoms with van der Waals surface area (Å²) in [6, 6.07) is 7.91. The molecule has 0 saturated carbocycles. The van der Waals surface area contributed by atoms with E-state index in [4.69, 9.17) is 16.3 Å². The Balaban J connectivity index is 2.15. The third-order valence-corrected chi connectivity index (χ3v) is 4.11.